The van der Waals surface area contributed by atoms with Gasteiger partial charge >= 0.3 is 5.97 Å². The zero-order chi connectivity index (χ0) is 16.3. The zero-order valence-electron chi connectivity index (χ0n) is 13.0. The van der Waals surface area contributed by atoms with Crippen LogP contribution in [0.25, 0.3) is 11.1 Å². The van der Waals surface area contributed by atoms with Crippen LogP contribution in [0.3, 0.4) is 0 Å². The summed E-state index contributed by atoms with van der Waals surface area (Å²) in [5.41, 5.74) is 1.43. The number of aryl methyl sites for hydroxylation is 1. The fraction of sp³-hybridized carbons (Fsp3) is 0.353. The van der Waals surface area contributed by atoms with Crippen LogP contribution in [0.4, 0.5) is 0 Å². The summed E-state index contributed by atoms with van der Waals surface area (Å²) in [6.45, 7) is 6.35. The van der Waals surface area contributed by atoms with Crippen molar-refractivity contribution in [2.24, 2.45) is 5.92 Å². The molecule has 0 saturated carbocycles. The molecule has 0 unspecified atom stereocenters. The zero-order valence-corrected chi connectivity index (χ0v) is 13.0. The van der Waals surface area contributed by atoms with Crippen LogP contribution >= 0.6 is 0 Å². The first-order valence-electron chi connectivity index (χ1n) is 7.36. The van der Waals surface area contributed by atoms with E-state index in [9.17, 15) is 14.7 Å². The summed E-state index contributed by atoms with van der Waals surface area (Å²) < 4.78 is 1.22. The van der Waals surface area contributed by atoms with Crippen LogP contribution in [0.15, 0.2) is 35.3 Å². The van der Waals surface area contributed by atoms with Crippen molar-refractivity contribution in [3.05, 3.63) is 51.9 Å². The van der Waals surface area contributed by atoms with Gasteiger partial charge in [-0.2, -0.15) is 5.10 Å². The Labute approximate surface area is 129 Å². The van der Waals surface area contributed by atoms with Gasteiger partial charge in [-0.1, -0.05) is 45.0 Å². The van der Waals surface area contributed by atoms with E-state index < -0.39 is 11.5 Å². The van der Waals surface area contributed by atoms with Gasteiger partial charge in [0, 0.05) is 12.1 Å². The van der Waals surface area contributed by atoms with Crippen molar-refractivity contribution >= 4 is 5.97 Å². The van der Waals surface area contributed by atoms with E-state index in [2.05, 4.69) is 5.10 Å². The van der Waals surface area contributed by atoms with Crippen LogP contribution in [-0.4, -0.2) is 20.9 Å². The number of carboxylic acids is 1. The molecular weight excluding hydrogens is 280 g/mol. The van der Waals surface area contributed by atoms with Gasteiger partial charge < -0.3 is 5.11 Å². The highest BCUT2D eigenvalue weighted by molar-refractivity contribution is 5.95. The van der Waals surface area contributed by atoms with E-state index in [-0.39, 0.29) is 11.5 Å². The van der Waals surface area contributed by atoms with Crippen molar-refractivity contribution in [3.63, 3.8) is 0 Å². The maximum absolute atomic E-state index is 12.4. The summed E-state index contributed by atoms with van der Waals surface area (Å²) in [5, 5.41) is 13.5. The second-order valence-corrected chi connectivity index (χ2v) is 5.67. The van der Waals surface area contributed by atoms with Gasteiger partial charge in [0.25, 0.3) is 5.56 Å². The van der Waals surface area contributed by atoms with E-state index in [0.717, 1.165) is 12.0 Å². The molecule has 1 heterocycles. The maximum atomic E-state index is 12.4. The third-order valence-corrected chi connectivity index (χ3v) is 3.47. The van der Waals surface area contributed by atoms with Crippen molar-refractivity contribution in [2.45, 2.75) is 33.7 Å². The molecule has 0 aliphatic carbocycles. The molecule has 0 atom stereocenters. The van der Waals surface area contributed by atoms with Gasteiger partial charge in [-0.3, -0.25) is 4.79 Å². The lowest BCUT2D eigenvalue weighted by Gasteiger charge is -2.11. The molecule has 1 N–H and O–H groups in total. The molecule has 0 saturated heterocycles. The molecule has 116 valence electrons. The first kappa shape index (κ1) is 15.9. The van der Waals surface area contributed by atoms with Gasteiger partial charge in [0.15, 0.2) is 0 Å². The van der Waals surface area contributed by atoms with Crippen molar-refractivity contribution in [1.82, 2.24) is 9.78 Å². The van der Waals surface area contributed by atoms with Crippen LogP contribution in [-0.2, 0) is 13.0 Å². The standard InChI is InChI=1S/C17H20N2O3/c1-4-12-5-7-13(8-6-12)14-9-18-19(10-11(2)3)16(20)15(14)17(21)22/h5-9,11H,4,10H2,1-3H3,(H,21,22). The molecule has 0 aliphatic heterocycles. The molecule has 0 spiro atoms. The Morgan fingerprint density at radius 2 is 1.91 bits per heavy atom. The molecule has 2 aromatic rings. The van der Waals surface area contributed by atoms with Crippen molar-refractivity contribution in [1.29, 1.82) is 0 Å². The van der Waals surface area contributed by atoms with Crippen LogP contribution < -0.4 is 5.56 Å². The summed E-state index contributed by atoms with van der Waals surface area (Å²) in [7, 11) is 0. The number of aromatic nitrogens is 2. The Bertz CT molecular complexity index is 731. The van der Waals surface area contributed by atoms with Crippen LogP contribution in [0.1, 0.15) is 36.7 Å². The van der Waals surface area contributed by atoms with Crippen molar-refractivity contribution in [2.75, 3.05) is 0 Å². The smallest absolute Gasteiger partial charge is 0.342 e. The highest BCUT2D eigenvalue weighted by atomic mass is 16.4. The third kappa shape index (κ3) is 3.24. The second kappa shape index (κ2) is 6.56. The van der Waals surface area contributed by atoms with E-state index >= 15 is 0 Å². The Morgan fingerprint density at radius 1 is 1.27 bits per heavy atom. The van der Waals surface area contributed by atoms with Crippen molar-refractivity contribution in [3.8, 4) is 11.1 Å². The molecule has 5 heteroatoms. The Hall–Kier alpha value is -2.43. The fourth-order valence-corrected chi connectivity index (χ4v) is 2.31. The summed E-state index contributed by atoms with van der Waals surface area (Å²) in [6.07, 6.45) is 2.37. The lowest BCUT2D eigenvalue weighted by Crippen LogP contribution is -2.30. The molecule has 1 aromatic carbocycles. The second-order valence-electron chi connectivity index (χ2n) is 5.67. The monoisotopic (exact) mass is 300 g/mol. The number of rotatable bonds is 5. The highest BCUT2D eigenvalue weighted by Crippen LogP contribution is 2.21. The van der Waals surface area contributed by atoms with Gasteiger partial charge in [0.05, 0.1) is 6.20 Å². The lowest BCUT2D eigenvalue weighted by atomic mass is 10.0. The molecule has 22 heavy (non-hydrogen) atoms. The topological polar surface area (TPSA) is 72.2 Å². The number of hydrogen-bond donors (Lipinski definition) is 1. The number of benzene rings is 1. The Balaban J connectivity index is 2.58. The number of aromatic carboxylic acids is 1. The number of carboxylic acid groups (broad SMARTS) is 1. The molecule has 0 amide bonds. The van der Waals surface area contributed by atoms with E-state index in [0.29, 0.717) is 17.7 Å². The summed E-state index contributed by atoms with van der Waals surface area (Å²) >= 11 is 0. The summed E-state index contributed by atoms with van der Waals surface area (Å²) in [5.74, 6) is -1.01. The van der Waals surface area contributed by atoms with Gasteiger partial charge in [0.2, 0.25) is 0 Å². The first-order chi connectivity index (χ1) is 10.4. The number of hydrogen-bond acceptors (Lipinski definition) is 3. The minimum Gasteiger partial charge on any atom is -0.477 e. The quantitative estimate of drug-likeness (QED) is 0.921. The molecule has 0 bridgehead atoms. The number of nitrogens with zero attached hydrogens (tertiary/aromatic N) is 2. The van der Waals surface area contributed by atoms with Crippen molar-refractivity contribution < 1.29 is 9.90 Å². The van der Waals surface area contributed by atoms with Crippen LogP contribution in [0, 0.1) is 5.92 Å². The van der Waals surface area contributed by atoms with E-state index in [1.54, 1.807) is 0 Å². The van der Waals surface area contributed by atoms with E-state index in [1.165, 1.54) is 10.9 Å². The minimum atomic E-state index is -1.22. The van der Waals surface area contributed by atoms with Gasteiger partial charge in [-0.15, -0.1) is 0 Å². The van der Waals surface area contributed by atoms with E-state index in [1.807, 2.05) is 45.0 Å². The van der Waals surface area contributed by atoms with Crippen LogP contribution in [0.5, 0.6) is 0 Å². The average Bonchev–Trinajstić information content (AvgIpc) is 2.48. The lowest BCUT2D eigenvalue weighted by molar-refractivity contribution is 0.0694. The molecule has 0 fully saturated rings. The molecule has 2 rings (SSSR count). The Morgan fingerprint density at radius 3 is 2.41 bits per heavy atom. The SMILES string of the molecule is CCc1ccc(-c2cnn(CC(C)C)c(=O)c2C(=O)O)cc1. The van der Waals surface area contributed by atoms with Gasteiger partial charge in [-0.25, -0.2) is 9.48 Å². The maximum Gasteiger partial charge on any atom is 0.342 e. The molecule has 1 aromatic heterocycles. The molecule has 0 aliphatic rings. The summed E-state index contributed by atoms with van der Waals surface area (Å²) in [6, 6.07) is 7.52. The normalized spacial score (nSPS) is 10.9. The van der Waals surface area contributed by atoms with Gasteiger partial charge in [-0.05, 0) is 23.5 Å². The van der Waals surface area contributed by atoms with Crippen LogP contribution in [0.2, 0.25) is 0 Å². The summed E-state index contributed by atoms with van der Waals surface area (Å²) in [4.78, 5) is 23.9. The fourth-order valence-electron chi connectivity index (χ4n) is 2.31. The largest absolute Gasteiger partial charge is 0.477 e. The molecular formula is C17H20N2O3. The predicted molar refractivity (Wildman–Crippen MR) is 85.1 cm³/mol. The number of carbonyl (C=O) groups is 1. The Kier molecular flexibility index (Phi) is 4.75. The van der Waals surface area contributed by atoms with Gasteiger partial charge in [0.1, 0.15) is 5.56 Å². The highest BCUT2D eigenvalue weighted by Gasteiger charge is 2.19. The van der Waals surface area contributed by atoms with E-state index in [4.69, 9.17) is 0 Å². The first-order valence-corrected chi connectivity index (χ1v) is 7.36. The molecule has 0 radical (unpaired) electrons. The minimum absolute atomic E-state index is 0.210. The molecule has 5 nitrogen and oxygen atoms in total. The third-order valence-electron chi connectivity index (χ3n) is 3.47. The average molecular weight is 300 g/mol. The predicted octanol–water partition coefficient (Wildman–Crippen LogP) is 2.83.